The van der Waals surface area contributed by atoms with Gasteiger partial charge in [0.1, 0.15) is 0 Å². The second-order valence-corrected chi connectivity index (χ2v) is 7.85. The molecule has 146 valence electrons. The first-order valence-corrected chi connectivity index (χ1v) is 8.70. The van der Waals surface area contributed by atoms with Gasteiger partial charge in [-0.2, -0.15) is 0 Å². The minimum absolute atomic E-state index is 0.481. The van der Waals surface area contributed by atoms with E-state index < -0.39 is 41.3 Å². The van der Waals surface area contributed by atoms with E-state index in [0.717, 1.165) is 19.3 Å². The summed E-state index contributed by atoms with van der Waals surface area (Å²) in [5.41, 5.74) is -2.29. The van der Waals surface area contributed by atoms with Crippen molar-refractivity contribution in [3.05, 3.63) is 0 Å². The summed E-state index contributed by atoms with van der Waals surface area (Å²) in [6.07, 6.45) is 2.53. The average Bonchev–Trinajstić information content (AvgIpc) is 2.45. The maximum absolute atomic E-state index is 12.0. The third kappa shape index (κ3) is 10.2. The van der Waals surface area contributed by atoms with Gasteiger partial charge in [-0.15, -0.1) is 0 Å². The van der Waals surface area contributed by atoms with Crippen LogP contribution in [0.5, 0.6) is 0 Å². The Morgan fingerprint density at radius 1 is 0.960 bits per heavy atom. The number of aliphatic carboxylic acids is 1. The Hall–Kier alpha value is -1.50. The van der Waals surface area contributed by atoms with Gasteiger partial charge in [-0.1, -0.05) is 30.9 Å². The molecule has 0 aliphatic rings. The highest BCUT2D eigenvalue weighted by Gasteiger charge is 2.30. The van der Waals surface area contributed by atoms with E-state index in [0.29, 0.717) is 12.8 Å². The van der Waals surface area contributed by atoms with Crippen LogP contribution in [0.3, 0.4) is 0 Å². The first-order chi connectivity index (χ1) is 11.4. The number of ether oxygens (including phenoxy) is 3. The summed E-state index contributed by atoms with van der Waals surface area (Å²) >= 11 is 5.45. The average molecular weight is 381 g/mol. The molecule has 0 aliphatic carbocycles. The van der Waals surface area contributed by atoms with Crippen molar-refractivity contribution < 1.29 is 33.7 Å². The SMILES string of the molecule is CC(Cl)OC(=O)OCOC(=O)C(C)(C)CCCCCC(C)(C)C(=O)O. The number of carbonyl (C=O) groups excluding carboxylic acids is 2. The second kappa shape index (κ2) is 10.5. The summed E-state index contributed by atoms with van der Waals surface area (Å²) in [5.74, 6) is -1.29. The summed E-state index contributed by atoms with van der Waals surface area (Å²) < 4.78 is 14.0. The number of hydrogen-bond donors (Lipinski definition) is 1. The Morgan fingerprint density at radius 2 is 1.48 bits per heavy atom. The van der Waals surface area contributed by atoms with Gasteiger partial charge in [0.15, 0.2) is 5.56 Å². The Bertz CT molecular complexity index is 458. The Labute approximate surface area is 154 Å². The Balaban J connectivity index is 4.04. The largest absolute Gasteiger partial charge is 0.512 e. The molecule has 0 aromatic carbocycles. The number of carboxylic acids is 1. The van der Waals surface area contributed by atoms with Crippen LogP contribution in [0.1, 0.15) is 66.7 Å². The maximum atomic E-state index is 12.0. The predicted molar refractivity (Wildman–Crippen MR) is 92.1 cm³/mol. The third-order valence-electron chi connectivity index (χ3n) is 3.86. The van der Waals surface area contributed by atoms with Crippen molar-refractivity contribution in [3.8, 4) is 0 Å². The maximum Gasteiger partial charge on any atom is 0.512 e. The fourth-order valence-electron chi connectivity index (χ4n) is 2.01. The molecule has 1 unspecified atom stereocenters. The summed E-state index contributed by atoms with van der Waals surface area (Å²) in [5, 5.41) is 9.06. The molecule has 8 heteroatoms. The molecule has 7 nitrogen and oxygen atoms in total. The van der Waals surface area contributed by atoms with Gasteiger partial charge in [0, 0.05) is 0 Å². The molecular weight excluding hydrogens is 352 g/mol. The van der Waals surface area contributed by atoms with Gasteiger partial charge >= 0.3 is 18.1 Å². The van der Waals surface area contributed by atoms with Crippen LogP contribution in [0, 0.1) is 10.8 Å². The van der Waals surface area contributed by atoms with Gasteiger partial charge in [-0.3, -0.25) is 9.59 Å². The normalized spacial score (nSPS) is 13.0. The van der Waals surface area contributed by atoms with Crippen LogP contribution >= 0.6 is 11.6 Å². The number of carbonyl (C=O) groups is 3. The zero-order valence-electron chi connectivity index (χ0n) is 15.6. The lowest BCUT2D eigenvalue weighted by Crippen LogP contribution is -2.28. The Kier molecular flexibility index (Phi) is 9.85. The molecule has 0 bridgehead atoms. The minimum Gasteiger partial charge on any atom is -0.481 e. The van der Waals surface area contributed by atoms with Crippen molar-refractivity contribution in [1.29, 1.82) is 0 Å². The van der Waals surface area contributed by atoms with Gasteiger partial charge < -0.3 is 19.3 Å². The standard InChI is InChI=1S/C17H29ClO7/c1-12(18)25-15(22)24-11-23-14(21)17(4,5)10-8-6-7-9-16(2,3)13(19)20/h12H,6-11H2,1-5H3,(H,19,20). The number of hydrogen-bond acceptors (Lipinski definition) is 6. The van der Waals surface area contributed by atoms with E-state index in [4.69, 9.17) is 21.4 Å². The lowest BCUT2D eigenvalue weighted by atomic mass is 9.84. The molecule has 0 aromatic rings. The van der Waals surface area contributed by atoms with E-state index in [1.165, 1.54) is 6.92 Å². The lowest BCUT2D eigenvalue weighted by molar-refractivity contribution is -0.164. The molecule has 0 aliphatic heterocycles. The molecule has 1 N–H and O–H groups in total. The molecule has 0 heterocycles. The van der Waals surface area contributed by atoms with Crippen LogP contribution in [0.25, 0.3) is 0 Å². The van der Waals surface area contributed by atoms with Gasteiger partial charge in [-0.25, -0.2) is 4.79 Å². The van der Waals surface area contributed by atoms with Gasteiger partial charge in [0.25, 0.3) is 0 Å². The topological polar surface area (TPSA) is 99.1 Å². The molecule has 0 fully saturated rings. The summed E-state index contributed by atoms with van der Waals surface area (Å²) in [6, 6.07) is 0. The number of alkyl halides is 1. The van der Waals surface area contributed by atoms with E-state index in [-0.39, 0.29) is 0 Å². The smallest absolute Gasteiger partial charge is 0.481 e. The molecule has 0 aromatic heterocycles. The molecule has 0 radical (unpaired) electrons. The number of halogens is 1. The highest BCUT2D eigenvalue weighted by Crippen LogP contribution is 2.28. The van der Waals surface area contributed by atoms with Crippen molar-refractivity contribution in [3.63, 3.8) is 0 Å². The van der Waals surface area contributed by atoms with Crippen LogP contribution in [-0.2, 0) is 23.8 Å². The highest BCUT2D eigenvalue weighted by atomic mass is 35.5. The van der Waals surface area contributed by atoms with Crippen LogP contribution in [0.2, 0.25) is 0 Å². The zero-order valence-corrected chi connectivity index (χ0v) is 16.4. The van der Waals surface area contributed by atoms with Crippen molar-refractivity contribution in [2.75, 3.05) is 6.79 Å². The molecular formula is C17H29ClO7. The monoisotopic (exact) mass is 380 g/mol. The first-order valence-electron chi connectivity index (χ1n) is 8.26. The van der Waals surface area contributed by atoms with E-state index in [1.54, 1.807) is 27.7 Å². The second-order valence-electron chi connectivity index (χ2n) is 7.24. The van der Waals surface area contributed by atoms with Crippen LogP contribution in [-0.4, -0.2) is 35.6 Å². The quantitative estimate of drug-likeness (QED) is 0.246. The number of esters is 1. The highest BCUT2D eigenvalue weighted by molar-refractivity contribution is 6.19. The fourth-order valence-corrected chi connectivity index (χ4v) is 2.09. The molecule has 0 saturated carbocycles. The first kappa shape index (κ1) is 23.5. The molecule has 0 amide bonds. The van der Waals surface area contributed by atoms with Crippen LogP contribution in [0.15, 0.2) is 0 Å². The van der Waals surface area contributed by atoms with E-state index in [2.05, 4.69) is 9.47 Å². The zero-order chi connectivity index (χ0) is 19.7. The van der Waals surface area contributed by atoms with Gasteiger partial charge in [0.05, 0.1) is 10.8 Å². The van der Waals surface area contributed by atoms with E-state index >= 15 is 0 Å². The van der Waals surface area contributed by atoms with Crippen molar-refractivity contribution in [2.45, 2.75) is 72.3 Å². The predicted octanol–water partition coefficient (Wildman–Crippen LogP) is 4.31. The summed E-state index contributed by atoms with van der Waals surface area (Å²) in [7, 11) is 0. The van der Waals surface area contributed by atoms with Gasteiger partial charge in [-0.05, 0) is 47.5 Å². The van der Waals surface area contributed by atoms with E-state index in [1.807, 2.05) is 0 Å². The van der Waals surface area contributed by atoms with Crippen molar-refractivity contribution >= 4 is 29.7 Å². The Morgan fingerprint density at radius 3 is 1.96 bits per heavy atom. The van der Waals surface area contributed by atoms with Crippen molar-refractivity contribution in [1.82, 2.24) is 0 Å². The molecule has 1 atom stereocenters. The number of carboxylic acid groups (broad SMARTS) is 1. The summed E-state index contributed by atoms with van der Waals surface area (Å²) in [6.45, 7) is 7.82. The van der Waals surface area contributed by atoms with Crippen LogP contribution in [0.4, 0.5) is 4.79 Å². The number of unbranched alkanes of at least 4 members (excludes halogenated alkanes) is 2. The lowest BCUT2D eigenvalue weighted by Gasteiger charge is -2.23. The van der Waals surface area contributed by atoms with Crippen molar-refractivity contribution in [2.24, 2.45) is 10.8 Å². The molecule has 0 rings (SSSR count). The molecule has 25 heavy (non-hydrogen) atoms. The fraction of sp³-hybridized carbons (Fsp3) is 0.824. The third-order valence-corrected chi connectivity index (χ3v) is 3.95. The summed E-state index contributed by atoms with van der Waals surface area (Å²) in [4.78, 5) is 34.1. The van der Waals surface area contributed by atoms with Crippen LogP contribution < -0.4 is 0 Å². The minimum atomic E-state index is -1.01. The van der Waals surface area contributed by atoms with E-state index in [9.17, 15) is 14.4 Å². The van der Waals surface area contributed by atoms with Gasteiger partial charge in [0.2, 0.25) is 6.79 Å². The number of rotatable bonds is 11. The molecule has 0 saturated heterocycles. The molecule has 0 spiro atoms.